The van der Waals surface area contributed by atoms with E-state index >= 15 is 0 Å². The van der Waals surface area contributed by atoms with Crippen molar-refractivity contribution in [1.29, 1.82) is 0 Å². The lowest BCUT2D eigenvalue weighted by Gasteiger charge is -2.48. The number of aryl methyl sites for hydroxylation is 2. The summed E-state index contributed by atoms with van der Waals surface area (Å²) in [6.07, 6.45) is 4.20. The molecule has 0 aromatic heterocycles. The zero-order valence-electron chi connectivity index (χ0n) is 23.0. The zero-order chi connectivity index (χ0) is 27.3. The Bertz CT molecular complexity index is 1330. The maximum atomic E-state index is 13.8. The first-order valence-corrected chi connectivity index (χ1v) is 13.8. The molecule has 0 unspecified atom stereocenters. The van der Waals surface area contributed by atoms with Crippen molar-refractivity contribution < 1.29 is 24.4 Å². The van der Waals surface area contributed by atoms with Crippen molar-refractivity contribution in [3.63, 3.8) is 0 Å². The molecule has 38 heavy (non-hydrogen) atoms. The summed E-state index contributed by atoms with van der Waals surface area (Å²) in [5.41, 5.74) is 7.32. The van der Waals surface area contributed by atoms with Gasteiger partial charge in [0.1, 0.15) is 5.75 Å². The molecule has 4 atom stereocenters. The number of Topliss-reactive ketones (excluding diaryl/α,β-unsaturated/α-hetero) is 2. The molecule has 2 N–H and O–H groups in total. The molecule has 0 bridgehead atoms. The average Bonchev–Trinajstić information content (AvgIpc) is 2.87. The minimum atomic E-state index is -0.965. The number of fused-ring (bicyclic) bond motifs is 4. The largest absolute Gasteiger partial charge is 0.507 e. The lowest BCUT2D eigenvalue weighted by atomic mass is 9.53. The molecule has 0 radical (unpaired) electrons. The van der Waals surface area contributed by atoms with Crippen LogP contribution in [0.2, 0.25) is 6.32 Å². The molecule has 6 heteroatoms. The quantitative estimate of drug-likeness (QED) is 0.360. The summed E-state index contributed by atoms with van der Waals surface area (Å²) in [5, 5.41) is 20.9. The number of rotatable bonds is 5. The third kappa shape index (κ3) is 4.69. The van der Waals surface area contributed by atoms with Crippen LogP contribution in [0.15, 0.2) is 53.1 Å². The monoisotopic (exact) mass is 512 g/mol. The highest BCUT2D eigenvalue weighted by Crippen LogP contribution is 2.52. The van der Waals surface area contributed by atoms with Gasteiger partial charge in [0.2, 0.25) is 0 Å². The Labute approximate surface area is 225 Å². The van der Waals surface area contributed by atoms with Crippen molar-refractivity contribution in [1.82, 2.24) is 0 Å². The number of allylic oxidation sites excluding steroid dienone is 2. The van der Waals surface area contributed by atoms with E-state index in [1.807, 2.05) is 38.1 Å². The van der Waals surface area contributed by atoms with E-state index in [1.165, 1.54) is 11.1 Å². The number of carbonyl (C=O) groups is 2. The molecule has 2 aliphatic carbocycles. The van der Waals surface area contributed by atoms with Crippen LogP contribution in [0.5, 0.6) is 5.75 Å². The predicted octanol–water partition coefficient (Wildman–Crippen LogP) is 6.36. The van der Waals surface area contributed by atoms with Crippen molar-refractivity contribution in [2.75, 3.05) is 0 Å². The van der Waals surface area contributed by atoms with E-state index in [9.17, 15) is 19.7 Å². The fourth-order valence-electron chi connectivity index (χ4n) is 6.94. The molecule has 1 saturated heterocycles. The summed E-state index contributed by atoms with van der Waals surface area (Å²) in [5.74, 6) is -0.397. The highest BCUT2D eigenvalue weighted by Gasteiger charge is 2.53. The summed E-state index contributed by atoms with van der Waals surface area (Å²) < 4.78 is 6.14. The summed E-state index contributed by atoms with van der Waals surface area (Å²) in [7, 11) is -0.965. The number of carbonyl (C=O) groups excluding carboxylic acids is 2. The molecule has 0 spiro atoms. The highest BCUT2D eigenvalue weighted by molar-refractivity contribution is 6.43. The second-order valence-electron chi connectivity index (χ2n) is 11.7. The van der Waals surface area contributed by atoms with Crippen LogP contribution in [0.1, 0.15) is 77.4 Å². The second kappa shape index (κ2) is 10.3. The Hall–Kier alpha value is -2.96. The summed E-state index contributed by atoms with van der Waals surface area (Å²) >= 11 is 0. The Morgan fingerprint density at radius 3 is 2.34 bits per heavy atom. The van der Waals surface area contributed by atoms with E-state index < -0.39 is 13.0 Å². The smallest absolute Gasteiger partial charge is 0.455 e. The lowest BCUT2D eigenvalue weighted by Crippen LogP contribution is -2.51. The van der Waals surface area contributed by atoms with Crippen molar-refractivity contribution >= 4 is 24.8 Å². The van der Waals surface area contributed by atoms with E-state index in [4.69, 9.17) is 4.65 Å². The van der Waals surface area contributed by atoms with Crippen LogP contribution >= 0.6 is 0 Å². The third-order valence-electron chi connectivity index (χ3n) is 8.72. The molecule has 1 heterocycles. The van der Waals surface area contributed by atoms with Crippen LogP contribution in [0, 0.1) is 37.5 Å². The molecule has 0 saturated carbocycles. The molecule has 2 aromatic rings. The lowest BCUT2D eigenvalue weighted by molar-refractivity contribution is 0.0593. The van der Waals surface area contributed by atoms with Gasteiger partial charge >= 0.3 is 7.12 Å². The van der Waals surface area contributed by atoms with E-state index in [2.05, 4.69) is 26.8 Å². The van der Waals surface area contributed by atoms with Crippen LogP contribution in [0.3, 0.4) is 0 Å². The normalized spacial score (nSPS) is 25.4. The van der Waals surface area contributed by atoms with Crippen molar-refractivity contribution in [2.45, 2.75) is 66.3 Å². The fraction of sp³-hybridized carbons (Fsp3) is 0.438. The van der Waals surface area contributed by atoms with Gasteiger partial charge < -0.3 is 14.8 Å². The fourth-order valence-corrected chi connectivity index (χ4v) is 6.94. The molecule has 198 valence electrons. The zero-order valence-corrected chi connectivity index (χ0v) is 23.0. The molecular weight excluding hydrogens is 475 g/mol. The van der Waals surface area contributed by atoms with Crippen LogP contribution < -0.4 is 0 Å². The van der Waals surface area contributed by atoms with Gasteiger partial charge in [0.05, 0.1) is 6.10 Å². The van der Waals surface area contributed by atoms with Crippen molar-refractivity contribution in [2.24, 2.45) is 23.7 Å². The number of hydrogen-bond acceptors (Lipinski definition) is 5. The van der Waals surface area contributed by atoms with Gasteiger partial charge in [0, 0.05) is 23.0 Å². The first kappa shape index (κ1) is 26.6. The molecular formula is C32H37BO5. The summed E-state index contributed by atoms with van der Waals surface area (Å²) in [6, 6.07) is 11.1. The Balaban J connectivity index is 1.46. The van der Waals surface area contributed by atoms with E-state index in [1.54, 1.807) is 12.1 Å². The second-order valence-corrected chi connectivity index (χ2v) is 11.7. The number of phenolic OH excluding ortho intramolecular Hbond substituents is 1. The molecule has 1 aliphatic heterocycles. The van der Waals surface area contributed by atoms with Gasteiger partial charge in [-0.05, 0) is 92.6 Å². The molecule has 3 aliphatic rings. The minimum Gasteiger partial charge on any atom is -0.507 e. The van der Waals surface area contributed by atoms with Crippen LogP contribution in [0.4, 0.5) is 0 Å². The molecule has 0 amide bonds. The van der Waals surface area contributed by atoms with E-state index in [0.29, 0.717) is 36.0 Å². The van der Waals surface area contributed by atoms with E-state index in [0.717, 1.165) is 28.7 Å². The highest BCUT2D eigenvalue weighted by atomic mass is 16.5. The van der Waals surface area contributed by atoms with Gasteiger partial charge in [0.15, 0.2) is 11.6 Å². The Kier molecular flexibility index (Phi) is 7.23. The minimum absolute atomic E-state index is 0.0255. The topological polar surface area (TPSA) is 83.8 Å². The SMILES string of the molecule is C/C(=C\c1cc(C)c(O)c(C)c1)CC[C@H]1OB(O)C[C@H]2C1=C(C(C)C)C[C@H]1C(=O)c3ccccc3C(=O)[C@H]12. The number of ketones is 2. The van der Waals surface area contributed by atoms with Gasteiger partial charge in [-0.15, -0.1) is 0 Å². The van der Waals surface area contributed by atoms with Crippen molar-refractivity contribution in [3.05, 3.63) is 80.9 Å². The van der Waals surface area contributed by atoms with Crippen molar-refractivity contribution in [3.8, 4) is 5.75 Å². The molecule has 1 fully saturated rings. The Morgan fingerprint density at radius 1 is 1.08 bits per heavy atom. The van der Waals surface area contributed by atoms with Crippen LogP contribution in [-0.2, 0) is 4.65 Å². The standard InChI is InChI=1S/C32H37BO5/c1-17(2)24-15-25-29(32(36)23-9-7-6-8-22(23)31(25)35)26-16-33(37)38-27(28(24)26)11-10-18(3)12-21-13-19(4)30(34)20(5)14-21/h6-9,12-14,17,25-27,29,34,37H,10-11,15-16H2,1-5H3/b18-12+/t25-,26+,27-,29-/m1/s1. The number of aromatic hydroxyl groups is 1. The van der Waals surface area contributed by atoms with Gasteiger partial charge in [-0.2, -0.15) is 0 Å². The number of hydrogen-bond donors (Lipinski definition) is 2. The maximum Gasteiger partial charge on any atom is 0.455 e. The Morgan fingerprint density at radius 2 is 1.71 bits per heavy atom. The van der Waals surface area contributed by atoms with E-state index in [-0.39, 0.29) is 35.4 Å². The van der Waals surface area contributed by atoms with Gasteiger partial charge in [-0.3, -0.25) is 9.59 Å². The molecule has 2 aromatic carbocycles. The number of benzene rings is 2. The van der Waals surface area contributed by atoms with Crippen LogP contribution in [-0.4, -0.2) is 34.9 Å². The summed E-state index contributed by atoms with van der Waals surface area (Å²) in [4.78, 5) is 27.3. The van der Waals surface area contributed by atoms with Crippen LogP contribution in [0.25, 0.3) is 6.08 Å². The maximum absolute atomic E-state index is 13.8. The summed E-state index contributed by atoms with van der Waals surface area (Å²) in [6.45, 7) is 10.2. The molecule has 5 nitrogen and oxygen atoms in total. The average molecular weight is 512 g/mol. The predicted molar refractivity (Wildman–Crippen MR) is 150 cm³/mol. The molecule has 5 rings (SSSR count). The third-order valence-corrected chi connectivity index (χ3v) is 8.72. The van der Waals surface area contributed by atoms with Gasteiger partial charge in [-0.25, -0.2) is 0 Å². The number of phenols is 1. The van der Waals surface area contributed by atoms with Gasteiger partial charge in [-0.1, -0.05) is 55.3 Å². The first-order chi connectivity index (χ1) is 18.1. The van der Waals surface area contributed by atoms with Gasteiger partial charge in [0.25, 0.3) is 0 Å². The first-order valence-electron chi connectivity index (χ1n) is 13.8.